The summed E-state index contributed by atoms with van der Waals surface area (Å²) in [5, 5.41) is 14.1. The van der Waals surface area contributed by atoms with Gasteiger partial charge in [0.1, 0.15) is 0 Å². The molecule has 0 fully saturated rings. The van der Waals surface area contributed by atoms with Crippen LogP contribution < -0.4 is 0 Å². The van der Waals surface area contributed by atoms with E-state index in [1.54, 1.807) is 0 Å². The van der Waals surface area contributed by atoms with Crippen LogP contribution in [-0.2, 0) is 6.42 Å². The van der Waals surface area contributed by atoms with Crippen LogP contribution in [0.1, 0.15) is 12.5 Å². The highest BCUT2D eigenvalue weighted by Gasteiger charge is 2.31. The van der Waals surface area contributed by atoms with E-state index in [-0.39, 0.29) is 10.6 Å². The van der Waals surface area contributed by atoms with Crippen LogP contribution in [0.2, 0.25) is 0 Å². The summed E-state index contributed by atoms with van der Waals surface area (Å²) < 4.78 is 0. The number of nitro groups is 1. The Kier molecular flexibility index (Phi) is 3.69. The molecular formula is C22H17NO2. The van der Waals surface area contributed by atoms with E-state index in [4.69, 9.17) is 0 Å². The molecule has 0 saturated heterocycles. The minimum Gasteiger partial charge on any atom is -0.258 e. The summed E-state index contributed by atoms with van der Waals surface area (Å²) in [5.74, 6) is 0. The largest absolute Gasteiger partial charge is 0.285 e. The van der Waals surface area contributed by atoms with Crippen molar-refractivity contribution >= 4 is 16.5 Å². The molecule has 0 unspecified atom stereocenters. The summed E-state index contributed by atoms with van der Waals surface area (Å²) in [7, 11) is 0. The van der Waals surface area contributed by atoms with Gasteiger partial charge >= 0.3 is 0 Å². The molecule has 0 radical (unpaired) electrons. The van der Waals surface area contributed by atoms with Crippen molar-refractivity contribution in [3.05, 3.63) is 88.5 Å². The molecule has 0 spiro atoms. The van der Waals surface area contributed by atoms with E-state index in [0.717, 1.165) is 39.4 Å². The van der Waals surface area contributed by atoms with E-state index in [2.05, 4.69) is 6.92 Å². The Labute approximate surface area is 146 Å². The number of fused-ring (bicyclic) bond motifs is 2. The van der Waals surface area contributed by atoms with E-state index in [1.165, 1.54) is 0 Å². The number of nitrogens with zero attached hydrogens (tertiary/aromatic N) is 1. The van der Waals surface area contributed by atoms with Crippen LogP contribution in [0.4, 0.5) is 5.69 Å². The predicted molar refractivity (Wildman–Crippen MR) is 102 cm³/mol. The average molecular weight is 327 g/mol. The van der Waals surface area contributed by atoms with Gasteiger partial charge in [-0.1, -0.05) is 73.7 Å². The van der Waals surface area contributed by atoms with Crippen LogP contribution in [0.3, 0.4) is 0 Å². The molecule has 3 nitrogen and oxygen atoms in total. The van der Waals surface area contributed by atoms with Crippen LogP contribution in [0, 0.1) is 10.1 Å². The monoisotopic (exact) mass is 327 g/mol. The van der Waals surface area contributed by atoms with Gasteiger partial charge < -0.3 is 0 Å². The summed E-state index contributed by atoms with van der Waals surface area (Å²) >= 11 is 0. The number of hydrogen-bond acceptors (Lipinski definition) is 2. The van der Waals surface area contributed by atoms with Crippen LogP contribution in [0.25, 0.3) is 33.0 Å². The van der Waals surface area contributed by atoms with Crippen LogP contribution in [-0.4, -0.2) is 4.92 Å². The first kappa shape index (κ1) is 15.3. The van der Waals surface area contributed by atoms with Gasteiger partial charge in [-0.3, -0.25) is 10.1 Å². The molecule has 0 aromatic heterocycles. The quantitative estimate of drug-likeness (QED) is 0.338. The number of rotatable bonds is 3. The van der Waals surface area contributed by atoms with E-state index in [0.29, 0.717) is 5.56 Å². The topological polar surface area (TPSA) is 43.1 Å². The lowest BCUT2D eigenvalue weighted by atomic mass is 9.95. The highest BCUT2D eigenvalue weighted by molar-refractivity contribution is 6.05. The van der Waals surface area contributed by atoms with Crippen LogP contribution in [0.5, 0.6) is 0 Å². The first-order chi connectivity index (χ1) is 12.2. The zero-order chi connectivity index (χ0) is 17.4. The Morgan fingerprint density at radius 3 is 2.20 bits per heavy atom. The summed E-state index contributed by atoms with van der Waals surface area (Å²) in [6.45, 7) is 2.06. The molecule has 0 bridgehead atoms. The fourth-order valence-corrected chi connectivity index (χ4v) is 3.72. The van der Waals surface area contributed by atoms with Crippen molar-refractivity contribution < 1.29 is 4.92 Å². The van der Waals surface area contributed by atoms with Gasteiger partial charge in [0.25, 0.3) is 5.69 Å². The smallest absolute Gasteiger partial charge is 0.258 e. The maximum Gasteiger partial charge on any atom is 0.285 e. The highest BCUT2D eigenvalue weighted by atomic mass is 16.6. The molecule has 122 valence electrons. The van der Waals surface area contributed by atoms with Gasteiger partial charge in [-0.05, 0) is 39.9 Å². The lowest BCUT2D eigenvalue weighted by Gasteiger charge is -2.08. The zero-order valence-electron chi connectivity index (χ0n) is 13.9. The zero-order valence-corrected chi connectivity index (χ0v) is 13.9. The third-order valence-corrected chi connectivity index (χ3v) is 4.75. The van der Waals surface area contributed by atoms with E-state index < -0.39 is 0 Å². The van der Waals surface area contributed by atoms with Crippen molar-refractivity contribution in [2.24, 2.45) is 0 Å². The van der Waals surface area contributed by atoms with Crippen LogP contribution in [0.15, 0.2) is 72.8 Å². The summed E-state index contributed by atoms with van der Waals surface area (Å²) in [6.07, 6.45) is 0.743. The Hall–Kier alpha value is -3.20. The molecule has 0 N–H and O–H groups in total. The minimum atomic E-state index is -0.238. The summed E-state index contributed by atoms with van der Waals surface area (Å²) in [4.78, 5) is 11.7. The molecule has 0 saturated carbocycles. The summed E-state index contributed by atoms with van der Waals surface area (Å²) in [6, 6.07) is 23.6. The van der Waals surface area contributed by atoms with Gasteiger partial charge in [0.15, 0.2) is 0 Å². The van der Waals surface area contributed by atoms with Gasteiger partial charge in [0.05, 0.1) is 16.1 Å². The van der Waals surface area contributed by atoms with Crippen molar-refractivity contribution in [2.75, 3.05) is 0 Å². The molecule has 2 aromatic rings. The van der Waals surface area contributed by atoms with Crippen molar-refractivity contribution in [3.63, 3.8) is 0 Å². The van der Waals surface area contributed by atoms with Crippen LogP contribution >= 0.6 is 0 Å². The maximum atomic E-state index is 12.0. The van der Waals surface area contributed by atoms with Crippen molar-refractivity contribution in [1.82, 2.24) is 0 Å². The molecule has 25 heavy (non-hydrogen) atoms. The molecule has 0 aliphatic heterocycles. The molecule has 0 atom stereocenters. The Bertz CT molecular complexity index is 1060. The van der Waals surface area contributed by atoms with E-state index >= 15 is 0 Å². The lowest BCUT2D eigenvalue weighted by Crippen LogP contribution is -1.92. The third kappa shape index (κ3) is 2.36. The SMILES string of the molecule is CCc1c2cccccc-2c([N+](=O)[O-])c1-c1cccc2ccccc12. The van der Waals surface area contributed by atoms with Gasteiger partial charge in [-0.15, -0.1) is 0 Å². The highest BCUT2D eigenvalue weighted by Crippen LogP contribution is 2.49. The normalized spacial score (nSPS) is 11.1. The standard InChI is InChI=1S/C22H17NO2/c1-2-16-18-12-4-3-5-13-20(18)22(23(24)25)21(16)19-14-8-10-15-9-6-7-11-17(15)19/h3-14H,2H2,1H3. The second-order valence-electron chi connectivity index (χ2n) is 6.08. The number of benzene rings is 2. The summed E-state index contributed by atoms with van der Waals surface area (Å²) in [5.41, 5.74) is 4.59. The van der Waals surface area contributed by atoms with E-state index in [9.17, 15) is 10.1 Å². The first-order valence-corrected chi connectivity index (χ1v) is 8.38. The fraction of sp³-hybridized carbons (Fsp3) is 0.0909. The Morgan fingerprint density at radius 1 is 0.800 bits per heavy atom. The predicted octanol–water partition coefficient (Wildman–Crippen LogP) is 6.08. The fourth-order valence-electron chi connectivity index (χ4n) is 3.72. The molecule has 4 rings (SSSR count). The minimum absolute atomic E-state index is 0.208. The van der Waals surface area contributed by atoms with Gasteiger partial charge in [0, 0.05) is 0 Å². The van der Waals surface area contributed by atoms with Crippen molar-refractivity contribution in [2.45, 2.75) is 13.3 Å². The Balaban J connectivity index is 2.19. The third-order valence-electron chi connectivity index (χ3n) is 4.75. The lowest BCUT2D eigenvalue weighted by molar-refractivity contribution is -0.383. The molecule has 0 heterocycles. The molecular weight excluding hydrogens is 310 g/mol. The number of hydrogen-bond donors (Lipinski definition) is 0. The molecule has 3 heteroatoms. The van der Waals surface area contributed by atoms with Gasteiger partial charge in [-0.25, -0.2) is 0 Å². The second-order valence-corrected chi connectivity index (χ2v) is 6.08. The maximum absolute atomic E-state index is 12.0. The molecule has 2 aromatic carbocycles. The average Bonchev–Trinajstić information content (AvgIpc) is 2.76. The second kappa shape index (κ2) is 6.02. The molecule has 2 aliphatic rings. The van der Waals surface area contributed by atoms with Crippen molar-refractivity contribution in [1.29, 1.82) is 0 Å². The van der Waals surface area contributed by atoms with Crippen molar-refractivity contribution in [3.8, 4) is 22.3 Å². The van der Waals surface area contributed by atoms with Gasteiger partial charge in [0.2, 0.25) is 0 Å². The Morgan fingerprint density at radius 2 is 1.44 bits per heavy atom. The molecule has 0 amide bonds. The molecule has 2 aliphatic carbocycles. The van der Waals surface area contributed by atoms with E-state index in [1.807, 2.05) is 72.8 Å². The van der Waals surface area contributed by atoms with Gasteiger partial charge in [-0.2, -0.15) is 0 Å². The first-order valence-electron chi connectivity index (χ1n) is 8.38.